The number of esters is 1. The summed E-state index contributed by atoms with van der Waals surface area (Å²) in [5.41, 5.74) is -1.06. The maximum atomic E-state index is 13.4. The molecule has 1 aromatic rings. The molecular formula is C10H7BrF4O3. The third-order valence-electron chi connectivity index (χ3n) is 2.17. The SMILES string of the molecule is COC(=O)C(O)Cc1c(F)c(F)c(Br)c(F)c1F. The Morgan fingerprint density at radius 1 is 1.22 bits per heavy atom. The normalized spacial score (nSPS) is 12.4. The monoisotopic (exact) mass is 330 g/mol. The number of aliphatic hydroxyl groups is 1. The number of aliphatic hydroxyl groups excluding tert-OH is 1. The van der Waals surface area contributed by atoms with Gasteiger partial charge in [0.25, 0.3) is 0 Å². The number of hydrogen-bond donors (Lipinski definition) is 1. The molecule has 0 radical (unpaired) electrons. The van der Waals surface area contributed by atoms with E-state index in [-0.39, 0.29) is 0 Å². The molecule has 1 unspecified atom stereocenters. The molecule has 1 atom stereocenters. The van der Waals surface area contributed by atoms with Crippen molar-refractivity contribution in [3.05, 3.63) is 33.3 Å². The minimum absolute atomic E-state index is 0.939. The zero-order chi connectivity index (χ0) is 14.0. The fraction of sp³-hybridized carbons (Fsp3) is 0.300. The Morgan fingerprint density at radius 2 is 1.67 bits per heavy atom. The third kappa shape index (κ3) is 2.64. The van der Waals surface area contributed by atoms with E-state index in [0.717, 1.165) is 7.11 Å². The number of halogens is 5. The van der Waals surface area contributed by atoms with Gasteiger partial charge in [0.15, 0.2) is 29.4 Å². The number of benzene rings is 1. The quantitative estimate of drug-likeness (QED) is 0.399. The van der Waals surface area contributed by atoms with Crippen LogP contribution in [0.4, 0.5) is 17.6 Å². The average molecular weight is 331 g/mol. The number of methoxy groups -OCH3 is 1. The van der Waals surface area contributed by atoms with Crippen LogP contribution in [0.2, 0.25) is 0 Å². The van der Waals surface area contributed by atoms with Crippen LogP contribution < -0.4 is 0 Å². The van der Waals surface area contributed by atoms with Crippen LogP contribution >= 0.6 is 15.9 Å². The molecule has 0 amide bonds. The number of carbonyl (C=O) groups excluding carboxylic acids is 1. The van der Waals surface area contributed by atoms with E-state index in [4.69, 9.17) is 0 Å². The summed E-state index contributed by atoms with van der Waals surface area (Å²) in [7, 11) is 0.945. The Hall–Kier alpha value is -1.15. The van der Waals surface area contributed by atoms with Gasteiger partial charge in [0.05, 0.1) is 11.6 Å². The summed E-state index contributed by atoms with van der Waals surface area (Å²) in [5, 5.41) is 9.21. The van der Waals surface area contributed by atoms with Gasteiger partial charge in [-0.05, 0) is 15.9 Å². The molecule has 0 fully saturated rings. The molecule has 0 aliphatic heterocycles. The molecule has 1 rings (SSSR count). The molecule has 100 valence electrons. The Morgan fingerprint density at radius 3 is 2.06 bits per heavy atom. The van der Waals surface area contributed by atoms with Crippen LogP contribution in [0.1, 0.15) is 5.56 Å². The lowest BCUT2D eigenvalue weighted by atomic mass is 10.1. The molecule has 0 saturated carbocycles. The highest BCUT2D eigenvalue weighted by atomic mass is 79.9. The summed E-state index contributed by atoms with van der Waals surface area (Å²) in [6, 6.07) is 0. The Kier molecular flexibility index (Phi) is 4.69. The van der Waals surface area contributed by atoms with Crippen molar-refractivity contribution in [3.63, 3.8) is 0 Å². The zero-order valence-corrected chi connectivity index (χ0v) is 10.5. The van der Waals surface area contributed by atoms with E-state index >= 15 is 0 Å². The predicted octanol–water partition coefficient (Wildman–Crippen LogP) is 2.08. The summed E-state index contributed by atoms with van der Waals surface area (Å²) in [4.78, 5) is 10.9. The fourth-order valence-corrected chi connectivity index (χ4v) is 1.59. The zero-order valence-electron chi connectivity index (χ0n) is 8.94. The van der Waals surface area contributed by atoms with E-state index in [1.54, 1.807) is 0 Å². The smallest absolute Gasteiger partial charge is 0.335 e. The molecular weight excluding hydrogens is 324 g/mol. The van der Waals surface area contributed by atoms with Gasteiger partial charge in [0.1, 0.15) is 0 Å². The van der Waals surface area contributed by atoms with Crippen molar-refractivity contribution in [2.24, 2.45) is 0 Å². The molecule has 0 saturated heterocycles. The summed E-state index contributed by atoms with van der Waals surface area (Å²) >= 11 is 2.34. The van der Waals surface area contributed by atoms with E-state index in [2.05, 4.69) is 20.7 Å². The molecule has 0 aliphatic rings. The molecule has 0 aromatic heterocycles. The maximum absolute atomic E-state index is 13.4. The molecule has 1 aromatic carbocycles. The summed E-state index contributed by atoms with van der Waals surface area (Å²) in [6.07, 6.45) is -2.86. The topological polar surface area (TPSA) is 46.5 Å². The average Bonchev–Trinajstić information content (AvgIpc) is 2.37. The highest BCUT2D eigenvalue weighted by Gasteiger charge is 2.27. The van der Waals surface area contributed by atoms with Gasteiger partial charge in [0.2, 0.25) is 0 Å². The second-order valence-corrected chi connectivity index (χ2v) is 4.08. The van der Waals surface area contributed by atoms with E-state index in [1.807, 2.05) is 0 Å². The first-order valence-electron chi connectivity index (χ1n) is 4.57. The highest BCUT2D eigenvalue weighted by Crippen LogP contribution is 2.28. The highest BCUT2D eigenvalue weighted by molar-refractivity contribution is 9.10. The molecule has 0 spiro atoms. The second-order valence-electron chi connectivity index (χ2n) is 3.29. The van der Waals surface area contributed by atoms with Crippen LogP contribution in [0.3, 0.4) is 0 Å². The fourth-order valence-electron chi connectivity index (χ4n) is 1.24. The first-order valence-corrected chi connectivity index (χ1v) is 5.36. The molecule has 0 aliphatic carbocycles. The molecule has 8 heteroatoms. The van der Waals surface area contributed by atoms with Gasteiger partial charge in [-0.25, -0.2) is 22.4 Å². The van der Waals surface area contributed by atoms with E-state index in [0.29, 0.717) is 0 Å². The maximum Gasteiger partial charge on any atom is 0.335 e. The van der Waals surface area contributed by atoms with Gasteiger partial charge in [-0.1, -0.05) is 0 Å². The van der Waals surface area contributed by atoms with Gasteiger partial charge in [-0.3, -0.25) is 0 Å². The largest absolute Gasteiger partial charge is 0.467 e. The third-order valence-corrected chi connectivity index (χ3v) is 2.87. The lowest BCUT2D eigenvalue weighted by Crippen LogP contribution is -2.25. The van der Waals surface area contributed by atoms with Crippen LogP contribution in [0, 0.1) is 23.3 Å². The second kappa shape index (κ2) is 5.66. The first kappa shape index (κ1) is 14.9. The van der Waals surface area contributed by atoms with E-state index in [9.17, 15) is 27.5 Å². The van der Waals surface area contributed by atoms with Gasteiger partial charge in [0, 0.05) is 12.0 Å². The summed E-state index contributed by atoms with van der Waals surface area (Å²) in [6.45, 7) is 0. The van der Waals surface area contributed by atoms with Crippen molar-refractivity contribution >= 4 is 21.9 Å². The Labute approximate surface area is 107 Å². The van der Waals surface area contributed by atoms with Crippen LogP contribution in [0.25, 0.3) is 0 Å². The van der Waals surface area contributed by atoms with E-state index in [1.165, 1.54) is 0 Å². The Balaban J connectivity index is 3.22. The summed E-state index contributed by atoms with van der Waals surface area (Å²) < 4.78 is 56.1. The van der Waals surface area contributed by atoms with Crippen molar-refractivity contribution in [2.75, 3.05) is 7.11 Å². The summed E-state index contributed by atoms with van der Waals surface area (Å²) in [5.74, 6) is -7.80. The van der Waals surface area contributed by atoms with Crippen molar-refractivity contribution < 1.29 is 32.2 Å². The predicted molar refractivity (Wildman–Crippen MR) is 55.7 cm³/mol. The minimum Gasteiger partial charge on any atom is -0.467 e. The molecule has 18 heavy (non-hydrogen) atoms. The van der Waals surface area contributed by atoms with Gasteiger partial charge >= 0.3 is 5.97 Å². The number of ether oxygens (including phenoxy) is 1. The lowest BCUT2D eigenvalue weighted by molar-refractivity contribution is -0.150. The minimum atomic E-state index is -1.92. The molecule has 1 N–H and O–H groups in total. The van der Waals surface area contributed by atoms with Crippen molar-refractivity contribution in [2.45, 2.75) is 12.5 Å². The van der Waals surface area contributed by atoms with Gasteiger partial charge < -0.3 is 9.84 Å². The first-order chi connectivity index (χ1) is 8.31. The van der Waals surface area contributed by atoms with Crippen LogP contribution in [-0.4, -0.2) is 24.3 Å². The number of hydrogen-bond acceptors (Lipinski definition) is 3. The molecule has 0 bridgehead atoms. The lowest BCUT2D eigenvalue weighted by Gasteiger charge is -2.11. The van der Waals surface area contributed by atoms with Gasteiger partial charge in [-0.15, -0.1) is 0 Å². The van der Waals surface area contributed by atoms with Crippen LogP contribution in [0.15, 0.2) is 4.47 Å². The number of rotatable bonds is 3. The van der Waals surface area contributed by atoms with E-state index < -0.39 is 51.8 Å². The number of carbonyl (C=O) groups is 1. The Bertz CT molecular complexity index is 463. The van der Waals surface area contributed by atoms with Crippen molar-refractivity contribution in [1.29, 1.82) is 0 Å². The van der Waals surface area contributed by atoms with Gasteiger partial charge in [-0.2, -0.15) is 0 Å². The van der Waals surface area contributed by atoms with Crippen molar-refractivity contribution in [1.82, 2.24) is 0 Å². The standard InChI is InChI=1S/C10H7BrF4O3/c1-18-10(17)4(16)2-3-6(12)8(14)5(11)9(15)7(3)13/h4,16H,2H2,1H3. The molecule has 0 heterocycles. The molecule has 3 nitrogen and oxygen atoms in total. The van der Waals surface area contributed by atoms with Crippen molar-refractivity contribution in [3.8, 4) is 0 Å². The van der Waals surface area contributed by atoms with Crippen LogP contribution in [-0.2, 0) is 16.0 Å². The van der Waals surface area contributed by atoms with Crippen LogP contribution in [0.5, 0.6) is 0 Å².